The highest BCUT2D eigenvalue weighted by Crippen LogP contribution is 2.43. The van der Waals surface area contributed by atoms with Crippen molar-refractivity contribution >= 4 is 29.1 Å². The molecule has 0 aliphatic rings. The average Bonchev–Trinajstić information content (AvgIpc) is 2.88. The first-order chi connectivity index (χ1) is 17.2. The van der Waals surface area contributed by atoms with Crippen LogP contribution in [0.25, 0.3) is 11.1 Å². The van der Waals surface area contributed by atoms with Gasteiger partial charge in [-0.25, -0.2) is 15.0 Å². The van der Waals surface area contributed by atoms with Gasteiger partial charge in [0.2, 0.25) is 0 Å². The molecular formula is C27H37ClN6O2. The van der Waals surface area contributed by atoms with Crippen LogP contribution in [0, 0.1) is 12.8 Å². The molecule has 194 valence electrons. The maximum absolute atomic E-state index is 9.04. The molecule has 0 saturated carbocycles. The number of hydrogen-bond donors (Lipinski definition) is 4. The molecule has 8 nitrogen and oxygen atoms in total. The Morgan fingerprint density at radius 1 is 1.17 bits per heavy atom. The summed E-state index contributed by atoms with van der Waals surface area (Å²) in [5.41, 5.74) is 10.8. The lowest BCUT2D eigenvalue weighted by Crippen LogP contribution is -2.17. The van der Waals surface area contributed by atoms with Gasteiger partial charge in [-0.15, -0.1) is 0 Å². The van der Waals surface area contributed by atoms with Crippen LogP contribution in [0.2, 0.25) is 5.02 Å². The van der Waals surface area contributed by atoms with Crippen LogP contribution < -0.4 is 21.1 Å². The molecule has 0 aliphatic carbocycles. The molecule has 1 aromatic carbocycles. The van der Waals surface area contributed by atoms with Gasteiger partial charge in [0.25, 0.3) is 0 Å². The van der Waals surface area contributed by atoms with Gasteiger partial charge < -0.3 is 26.2 Å². The van der Waals surface area contributed by atoms with Crippen molar-refractivity contribution in [2.75, 3.05) is 36.6 Å². The van der Waals surface area contributed by atoms with Crippen LogP contribution in [0.15, 0.2) is 30.7 Å². The third-order valence-corrected chi connectivity index (χ3v) is 7.26. The van der Waals surface area contributed by atoms with Crippen molar-refractivity contribution in [1.29, 1.82) is 0 Å². The highest BCUT2D eigenvalue weighted by Gasteiger charge is 2.25. The number of halogens is 1. The molecule has 0 radical (unpaired) electrons. The second kappa shape index (κ2) is 12.2. The number of aromatic nitrogens is 3. The van der Waals surface area contributed by atoms with Crippen LogP contribution in [0.3, 0.4) is 0 Å². The van der Waals surface area contributed by atoms with Gasteiger partial charge in [0.05, 0.1) is 19.8 Å². The molecule has 2 heterocycles. The molecule has 0 amide bonds. The third kappa shape index (κ3) is 5.82. The average molecular weight is 513 g/mol. The smallest absolute Gasteiger partial charge is 0.135 e. The Bertz CT molecular complexity index is 1170. The zero-order valence-corrected chi connectivity index (χ0v) is 22.6. The third-order valence-electron chi connectivity index (χ3n) is 6.87. The Morgan fingerprint density at radius 2 is 1.92 bits per heavy atom. The second-order valence-electron chi connectivity index (χ2n) is 9.12. The fourth-order valence-corrected chi connectivity index (χ4v) is 4.57. The van der Waals surface area contributed by atoms with Crippen molar-refractivity contribution in [3.05, 3.63) is 52.4 Å². The Balaban J connectivity index is 2.03. The zero-order chi connectivity index (χ0) is 26.4. The highest BCUT2D eigenvalue weighted by molar-refractivity contribution is 6.32. The van der Waals surface area contributed by atoms with E-state index in [2.05, 4.69) is 46.4 Å². The monoisotopic (exact) mass is 512 g/mol. The zero-order valence-electron chi connectivity index (χ0n) is 21.9. The number of anilines is 3. The quantitative estimate of drug-likeness (QED) is 0.254. The molecule has 5 N–H and O–H groups in total. The van der Waals surface area contributed by atoms with E-state index in [-0.39, 0.29) is 18.6 Å². The SMILES string of the molecule is CCC(C)C(C)c1c(N)ncnc1NC(C)c1cc(Cl)c(C)c(-c2ccc(NCCO)nc2)c1OC. The van der Waals surface area contributed by atoms with E-state index in [4.69, 9.17) is 27.2 Å². The van der Waals surface area contributed by atoms with Gasteiger partial charge in [0, 0.05) is 40.0 Å². The second-order valence-corrected chi connectivity index (χ2v) is 9.53. The number of methoxy groups -OCH3 is 1. The van der Waals surface area contributed by atoms with Gasteiger partial charge in [0.1, 0.15) is 29.5 Å². The van der Waals surface area contributed by atoms with E-state index in [9.17, 15) is 0 Å². The van der Waals surface area contributed by atoms with Gasteiger partial charge in [-0.3, -0.25) is 0 Å². The highest BCUT2D eigenvalue weighted by atomic mass is 35.5. The standard InChI is InChI=1S/C27H37ClN6O2/c1-7-15(2)16(3)24-26(29)32-14-33-27(24)34-18(5)20-12-21(28)17(4)23(25(20)36-6)19-8-9-22(31-13-19)30-10-11-35/h8-9,12-16,18,35H,7,10-11H2,1-6H3,(H,30,31)(H3,29,32,33,34). The van der Waals surface area contributed by atoms with Gasteiger partial charge >= 0.3 is 0 Å². The number of nitrogens with zero attached hydrogens (tertiary/aromatic N) is 3. The van der Waals surface area contributed by atoms with Gasteiger partial charge in [-0.1, -0.05) is 38.8 Å². The van der Waals surface area contributed by atoms with E-state index >= 15 is 0 Å². The minimum atomic E-state index is -0.188. The summed E-state index contributed by atoms with van der Waals surface area (Å²) in [6.45, 7) is 11.0. The van der Waals surface area contributed by atoms with Crippen LogP contribution in [0.1, 0.15) is 62.8 Å². The molecule has 3 atom stereocenters. The molecular weight excluding hydrogens is 476 g/mol. The molecule has 36 heavy (non-hydrogen) atoms. The topological polar surface area (TPSA) is 118 Å². The number of nitrogens with one attached hydrogen (secondary N) is 2. The number of ether oxygens (including phenoxy) is 1. The van der Waals surface area contributed by atoms with Crippen molar-refractivity contribution in [3.8, 4) is 16.9 Å². The molecule has 0 fully saturated rings. The van der Waals surface area contributed by atoms with Gasteiger partial charge in [-0.05, 0) is 49.4 Å². The lowest BCUT2D eigenvalue weighted by molar-refractivity contribution is 0.311. The van der Waals surface area contributed by atoms with Crippen LogP contribution in [-0.4, -0.2) is 40.3 Å². The van der Waals surface area contributed by atoms with E-state index in [0.29, 0.717) is 40.7 Å². The summed E-state index contributed by atoms with van der Waals surface area (Å²) in [5, 5.41) is 16.3. The summed E-state index contributed by atoms with van der Waals surface area (Å²) < 4.78 is 5.95. The number of rotatable bonds is 11. The van der Waals surface area contributed by atoms with Crippen molar-refractivity contribution in [3.63, 3.8) is 0 Å². The first kappa shape index (κ1) is 27.5. The summed E-state index contributed by atoms with van der Waals surface area (Å²) in [5.74, 6) is 3.21. The molecule has 3 rings (SSSR count). The predicted octanol–water partition coefficient (Wildman–Crippen LogP) is 5.82. The Kier molecular flexibility index (Phi) is 9.34. The van der Waals surface area contributed by atoms with Gasteiger partial charge in [-0.2, -0.15) is 0 Å². The molecule has 3 aromatic rings. The number of nitrogen functional groups attached to an aromatic ring is 1. The van der Waals surface area contributed by atoms with Crippen molar-refractivity contribution < 1.29 is 9.84 Å². The van der Waals surface area contributed by atoms with E-state index in [0.717, 1.165) is 34.2 Å². The molecule has 0 aliphatic heterocycles. The first-order valence-corrected chi connectivity index (χ1v) is 12.7. The fraction of sp³-hybridized carbons (Fsp3) is 0.444. The Morgan fingerprint density at radius 3 is 2.53 bits per heavy atom. The van der Waals surface area contributed by atoms with Crippen LogP contribution in [-0.2, 0) is 0 Å². The predicted molar refractivity (Wildman–Crippen MR) is 148 cm³/mol. The summed E-state index contributed by atoms with van der Waals surface area (Å²) in [4.78, 5) is 13.3. The van der Waals surface area contributed by atoms with E-state index < -0.39 is 0 Å². The number of hydrogen-bond acceptors (Lipinski definition) is 8. The lowest BCUT2D eigenvalue weighted by atomic mass is 9.87. The Labute approximate surface area is 218 Å². The first-order valence-electron chi connectivity index (χ1n) is 12.3. The van der Waals surface area contributed by atoms with E-state index in [1.54, 1.807) is 13.3 Å². The maximum atomic E-state index is 9.04. The Hall–Kier alpha value is -3.10. The number of nitrogens with two attached hydrogens (primary N) is 1. The van der Waals surface area contributed by atoms with Crippen molar-refractivity contribution in [2.24, 2.45) is 5.92 Å². The van der Waals surface area contributed by atoms with Crippen LogP contribution >= 0.6 is 11.6 Å². The molecule has 0 spiro atoms. The van der Waals surface area contributed by atoms with Crippen LogP contribution in [0.4, 0.5) is 17.5 Å². The molecule has 0 bridgehead atoms. The minimum absolute atomic E-state index is 0.0364. The van der Waals surface area contributed by atoms with Gasteiger partial charge in [0.15, 0.2) is 0 Å². The molecule has 3 unspecified atom stereocenters. The molecule has 9 heteroatoms. The number of aliphatic hydroxyl groups excluding tert-OH is 1. The molecule has 0 saturated heterocycles. The van der Waals surface area contributed by atoms with Crippen molar-refractivity contribution in [2.45, 2.75) is 53.0 Å². The maximum Gasteiger partial charge on any atom is 0.135 e. The lowest BCUT2D eigenvalue weighted by Gasteiger charge is -2.26. The number of pyridine rings is 1. The fourth-order valence-electron chi connectivity index (χ4n) is 4.36. The number of aliphatic hydroxyl groups is 1. The minimum Gasteiger partial charge on any atom is -0.496 e. The summed E-state index contributed by atoms with van der Waals surface area (Å²) >= 11 is 6.72. The summed E-state index contributed by atoms with van der Waals surface area (Å²) in [6.07, 6.45) is 4.29. The summed E-state index contributed by atoms with van der Waals surface area (Å²) in [6, 6.07) is 5.59. The van der Waals surface area contributed by atoms with E-state index in [1.165, 1.54) is 6.33 Å². The summed E-state index contributed by atoms with van der Waals surface area (Å²) in [7, 11) is 1.66. The van der Waals surface area contributed by atoms with Crippen LogP contribution in [0.5, 0.6) is 5.75 Å². The largest absolute Gasteiger partial charge is 0.496 e. The van der Waals surface area contributed by atoms with Crippen molar-refractivity contribution in [1.82, 2.24) is 15.0 Å². The molecule has 2 aromatic heterocycles. The normalized spacial score (nSPS) is 13.7. The number of benzene rings is 1. The van der Waals surface area contributed by atoms with E-state index in [1.807, 2.05) is 32.0 Å².